The highest BCUT2D eigenvalue weighted by molar-refractivity contribution is 5.97. The predicted octanol–water partition coefficient (Wildman–Crippen LogP) is 2.16. The number of phenols is 1. The van der Waals surface area contributed by atoms with Gasteiger partial charge in [-0.05, 0) is 30.2 Å². The average Bonchev–Trinajstić information content (AvgIpc) is 2.47. The summed E-state index contributed by atoms with van der Waals surface area (Å²) in [4.78, 5) is 12.1. The van der Waals surface area contributed by atoms with Gasteiger partial charge < -0.3 is 15.7 Å². The first kappa shape index (κ1) is 12.5. The van der Waals surface area contributed by atoms with E-state index >= 15 is 0 Å². The van der Waals surface area contributed by atoms with E-state index in [0.717, 1.165) is 12.1 Å². The molecule has 0 radical (unpaired) electrons. The SMILES string of the molecule is O=C(NC1CNc2ccccc2C1)c1ccccc1O. The van der Waals surface area contributed by atoms with Crippen LogP contribution in [0.1, 0.15) is 15.9 Å². The molecular weight excluding hydrogens is 252 g/mol. The molecule has 20 heavy (non-hydrogen) atoms. The van der Waals surface area contributed by atoms with E-state index in [1.165, 1.54) is 11.6 Å². The van der Waals surface area contributed by atoms with E-state index in [4.69, 9.17) is 0 Å². The Balaban J connectivity index is 1.71. The lowest BCUT2D eigenvalue weighted by Crippen LogP contribution is -2.43. The molecular formula is C16H16N2O2. The molecule has 2 aromatic carbocycles. The van der Waals surface area contributed by atoms with Gasteiger partial charge in [0, 0.05) is 12.2 Å². The number of para-hydroxylation sites is 2. The molecule has 3 N–H and O–H groups in total. The van der Waals surface area contributed by atoms with Crippen LogP contribution < -0.4 is 10.6 Å². The highest BCUT2D eigenvalue weighted by Crippen LogP contribution is 2.22. The Morgan fingerprint density at radius 1 is 1.15 bits per heavy atom. The molecule has 0 saturated carbocycles. The second-order valence-corrected chi connectivity index (χ2v) is 4.93. The lowest BCUT2D eigenvalue weighted by molar-refractivity contribution is 0.0935. The number of benzene rings is 2. The number of hydrogen-bond acceptors (Lipinski definition) is 3. The van der Waals surface area contributed by atoms with Gasteiger partial charge in [0.2, 0.25) is 0 Å². The van der Waals surface area contributed by atoms with Gasteiger partial charge in [-0.1, -0.05) is 30.3 Å². The van der Waals surface area contributed by atoms with Gasteiger partial charge in [0.1, 0.15) is 5.75 Å². The second-order valence-electron chi connectivity index (χ2n) is 4.93. The third-order valence-electron chi connectivity index (χ3n) is 3.51. The number of fused-ring (bicyclic) bond motifs is 1. The Kier molecular flexibility index (Phi) is 3.29. The second kappa shape index (κ2) is 5.25. The largest absolute Gasteiger partial charge is 0.507 e. The highest BCUT2D eigenvalue weighted by Gasteiger charge is 2.20. The third-order valence-corrected chi connectivity index (χ3v) is 3.51. The maximum absolute atomic E-state index is 12.1. The normalized spacial score (nSPS) is 16.9. The minimum atomic E-state index is -0.241. The molecule has 1 aliphatic heterocycles. The summed E-state index contributed by atoms with van der Waals surface area (Å²) in [7, 11) is 0. The Hall–Kier alpha value is -2.49. The summed E-state index contributed by atoms with van der Waals surface area (Å²) in [6.45, 7) is 0.691. The Bertz CT molecular complexity index is 640. The number of nitrogens with one attached hydrogen (secondary N) is 2. The highest BCUT2D eigenvalue weighted by atomic mass is 16.3. The third kappa shape index (κ3) is 2.45. The lowest BCUT2D eigenvalue weighted by Gasteiger charge is -2.27. The number of anilines is 1. The van der Waals surface area contributed by atoms with Crippen LogP contribution in [0.4, 0.5) is 5.69 Å². The van der Waals surface area contributed by atoms with Gasteiger partial charge in [-0.25, -0.2) is 0 Å². The molecule has 1 heterocycles. The van der Waals surface area contributed by atoms with Gasteiger partial charge in [-0.3, -0.25) is 4.79 Å². The van der Waals surface area contributed by atoms with E-state index in [2.05, 4.69) is 16.7 Å². The smallest absolute Gasteiger partial charge is 0.255 e. The monoisotopic (exact) mass is 268 g/mol. The molecule has 1 aliphatic rings. The van der Waals surface area contributed by atoms with Crippen molar-refractivity contribution in [3.8, 4) is 5.75 Å². The lowest BCUT2D eigenvalue weighted by atomic mass is 9.99. The molecule has 0 fully saturated rings. The van der Waals surface area contributed by atoms with Gasteiger partial charge in [0.05, 0.1) is 11.6 Å². The summed E-state index contributed by atoms with van der Waals surface area (Å²) >= 11 is 0. The zero-order valence-corrected chi connectivity index (χ0v) is 11.0. The van der Waals surface area contributed by atoms with Crippen LogP contribution in [0.25, 0.3) is 0 Å². The van der Waals surface area contributed by atoms with E-state index in [1.807, 2.05) is 18.2 Å². The molecule has 4 nitrogen and oxygen atoms in total. The van der Waals surface area contributed by atoms with Crippen LogP contribution in [0, 0.1) is 0 Å². The quantitative estimate of drug-likeness (QED) is 0.782. The molecule has 3 rings (SSSR count). The van der Waals surface area contributed by atoms with Crippen molar-refractivity contribution in [3.63, 3.8) is 0 Å². The summed E-state index contributed by atoms with van der Waals surface area (Å²) in [5.41, 5.74) is 2.63. The van der Waals surface area contributed by atoms with Crippen LogP contribution in [0.3, 0.4) is 0 Å². The summed E-state index contributed by atoms with van der Waals surface area (Å²) < 4.78 is 0. The molecule has 0 spiro atoms. The molecule has 1 amide bonds. The van der Waals surface area contributed by atoms with Crippen molar-refractivity contribution in [2.75, 3.05) is 11.9 Å². The standard InChI is InChI=1S/C16H16N2O2/c19-15-8-4-2-6-13(15)16(20)18-12-9-11-5-1-3-7-14(11)17-10-12/h1-8,12,17,19H,9-10H2,(H,18,20). The first-order chi connectivity index (χ1) is 9.74. The number of amides is 1. The van der Waals surface area contributed by atoms with E-state index in [0.29, 0.717) is 12.1 Å². The van der Waals surface area contributed by atoms with Gasteiger partial charge in [-0.2, -0.15) is 0 Å². The van der Waals surface area contributed by atoms with Crippen LogP contribution in [0.15, 0.2) is 48.5 Å². The van der Waals surface area contributed by atoms with Crippen LogP contribution in [-0.4, -0.2) is 23.6 Å². The minimum Gasteiger partial charge on any atom is -0.507 e. The van der Waals surface area contributed by atoms with Crippen LogP contribution in [0.2, 0.25) is 0 Å². The summed E-state index contributed by atoms with van der Waals surface area (Å²) in [6, 6.07) is 14.7. The fourth-order valence-electron chi connectivity index (χ4n) is 2.47. The molecule has 1 unspecified atom stereocenters. The zero-order chi connectivity index (χ0) is 13.9. The number of aromatic hydroxyl groups is 1. The summed E-state index contributed by atoms with van der Waals surface area (Å²) in [5.74, 6) is -0.233. The van der Waals surface area contributed by atoms with Crippen molar-refractivity contribution < 1.29 is 9.90 Å². The topological polar surface area (TPSA) is 61.4 Å². The van der Waals surface area contributed by atoms with Crippen LogP contribution >= 0.6 is 0 Å². The summed E-state index contributed by atoms with van der Waals surface area (Å²) in [6.07, 6.45) is 0.794. The predicted molar refractivity (Wildman–Crippen MR) is 78.0 cm³/mol. The van der Waals surface area contributed by atoms with E-state index in [9.17, 15) is 9.90 Å². The van der Waals surface area contributed by atoms with Gasteiger partial charge in [0.15, 0.2) is 0 Å². The van der Waals surface area contributed by atoms with Gasteiger partial charge in [0.25, 0.3) is 5.91 Å². The Morgan fingerprint density at radius 2 is 1.90 bits per heavy atom. The molecule has 2 aromatic rings. The van der Waals surface area contributed by atoms with Crippen molar-refractivity contribution in [2.45, 2.75) is 12.5 Å². The maximum Gasteiger partial charge on any atom is 0.255 e. The van der Waals surface area contributed by atoms with Gasteiger partial charge in [-0.15, -0.1) is 0 Å². The number of carbonyl (C=O) groups excluding carboxylic acids is 1. The van der Waals surface area contributed by atoms with Crippen molar-refractivity contribution in [2.24, 2.45) is 0 Å². The molecule has 0 bridgehead atoms. The molecule has 0 aromatic heterocycles. The molecule has 4 heteroatoms. The van der Waals surface area contributed by atoms with E-state index in [1.54, 1.807) is 18.2 Å². The van der Waals surface area contributed by atoms with Gasteiger partial charge >= 0.3 is 0 Å². The average molecular weight is 268 g/mol. The zero-order valence-electron chi connectivity index (χ0n) is 11.0. The van der Waals surface area contributed by atoms with Crippen LogP contribution in [0.5, 0.6) is 5.75 Å². The fourth-order valence-corrected chi connectivity index (χ4v) is 2.47. The number of phenolic OH excluding ortho intramolecular Hbond substituents is 1. The van der Waals surface area contributed by atoms with Crippen molar-refractivity contribution in [1.82, 2.24) is 5.32 Å². The Morgan fingerprint density at radius 3 is 2.75 bits per heavy atom. The maximum atomic E-state index is 12.1. The minimum absolute atomic E-state index is 0.00849. The Labute approximate surface area is 117 Å². The molecule has 0 saturated heterocycles. The number of rotatable bonds is 2. The van der Waals surface area contributed by atoms with Crippen molar-refractivity contribution in [1.29, 1.82) is 0 Å². The van der Waals surface area contributed by atoms with Crippen molar-refractivity contribution >= 4 is 11.6 Å². The molecule has 102 valence electrons. The molecule has 1 atom stereocenters. The number of hydrogen-bond donors (Lipinski definition) is 3. The molecule has 0 aliphatic carbocycles. The first-order valence-electron chi connectivity index (χ1n) is 6.64. The number of carbonyl (C=O) groups is 1. The first-order valence-corrected chi connectivity index (χ1v) is 6.64. The van der Waals surface area contributed by atoms with E-state index < -0.39 is 0 Å². The fraction of sp³-hybridized carbons (Fsp3) is 0.188. The van der Waals surface area contributed by atoms with E-state index in [-0.39, 0.29) is 17.7 Å². The van der Waals surface area contributed by atoms with Crippen molar-refractivity contribution in [3.05, 3.63) is 59.7 Å². The van der Waals surface area contributed by atoms with Crippen LogP contribution in [-0.2, 0) is 6.42 Å². The summed E-state index contributed by atoms with van der Waals surface area (Å²) in [5, 5.41) is 16.0.